The third kappa shape index (κ3) is 14.7. The number of carboxylic acid groups (broad SMARTS) is 1. The summed E-state index contributed by atoms with van der Waals surface area (Å²) in [5.74, 6) is -4.48. The fourth-order valence-corrected chi connectivity index (χ4v) is 5.42. The van der Waals surface area contributed by atoms with E-state index in [4.69, 9.17) is 38.2 Å². The molecule has 3 amide bonds. The van der Waals surface area contributed by atoms with E-state index in [-0.39, 0.29) is 30.0 Å². The van der Waals surface area contributed by atoms with Crippen molar-refractivity contribution < 1.29 is 37.5 Å². The molecule has 1 saturated carbocycles. The largest absolute Gasteiger partial charge is 0.490 e. The third-order valence-corrected chi connectivity index (χ3v) is 8.00. The number of nitrogens with zero attached hydrogens (tertiary/aromatic N) is 1. The molecule has 2 aromatic rings. The number of halogens is 3. The summed E-state index contributed by atoms with van der Waals surface area (Å²) in [6.45, 7) is 0.302. The highest BCUT2D eigenvalue weighted by atomic mass is 19.4. The number of carbonyl (C=O) groups excluding carboxylic acids is 3. The number of hydrogen-bond acceptors (Lipinski definition) is 6. The van der Waals surface area contributed by atoms with Crippen molar-refractivity contribution in [1.29, 1.82) is 5.41 Å². The van der Waals surface area contributed by atoms with Gasteiger partial charge in [0.25, 0.3) is 0 Å². The van der Waals surface area contributed by atoms with Crippen molar-refractivity contribution in [3.63, 3.8) is 0 Å². The number of rotatable bonds is 15. The van der Waals surface area contributed by atoms with Crippen LogP contribution < -0.4 is 33.6 Å². The van der Waals surface area contributed by atoms with Crippen LogP contribution >= 0.6 is 0 Å². The predicted octanol–water partition coefficient (Wildman–Crippen LogP) is 2.41. The molecule has 1 fully saturated rings. The van der Waals surface area contributed by atoms with E-state index in [1.165, 1.54) is 0 Å². The Morgan fingerprint density at radius 3 is 1.96 bits per heavy atom. The van der Waals surface area contributed by atoms with E-state index in [9.17, 15) is 27.6 Å². The normalized spacial score (nSPS) is 14.9. The van der Waals surface area contributed by atoms with Crippen LogP contribution in [0.2, 0.25) is 0 Å². The molecule has 3 atom stereocenters. The average Bonchev–Trinajstić information content (AvgIpc) is 3.05. The molecule has 1 aliphatic carbocycles. The van der Waals surface area contributed by atoms with E-state index in [1.54, 1.807) is 12.1 Å². The minimum atomic E-state index is -5.08. The van der Waals surface area contributed by atoms with Gasteiger partial charge in [0.05, 0.1) is 5.92 Å². The SMILES string of the molecule is N=C(N)c1ccc(C[C@H](C(=O)N[C@@H](CC2CCCCC2)C(=O)NC(CCCN=C(N)N)C(N)=O)c2ccccc2)cc1.O=C(O)C(F)(F)F. The van der Waals surface area contributed by atoms with Crippen LogP contribution in [0.4, 0.5) is 13.2 Å². The molecular formula is C33H45F3N8O5. The highest BCUT2D eigenvalue weighted by molar-refractivity contribution is 5.95. The summed E-state index contributed by atoms with van der Waals surface area (Å²) < 4.78 is 31.7. The van der Waals surface area contributed by atoms with Gasteiger partial charge in [-0.1, -0.05) is 86.7 Å². The summed E-state index contributed by atoms with van der Waals surface area (Å²) in [5, 5.41) is 20.6. The van der Waals surface area contributed by atoms with Gasteiger partial charge in [-0.05, 0) is 42.7 Å². The highest BCUT2D eigenvalue weighted by Gasteiger charge is 2.38. The van der Waals surface area contributed by atoms with Crippen LogP contribution in [0.3, 0.4) is 0 Å². The zero-order valence-corrected chi connectivity index (χ0v) is 27.0. The van der Waals surface area contributed by atoms with Gasteiger partial charge >= 0.3 is 12.1 Å². The molecular weight excluding hydrogens is 645 g/mol. The monoisotopic (exact) mass is 690 g/mol. The Morgan fingerprint density at radius 1 is 0.878 bits per heavy atom. The van der Waals surface area contributed by atoms with Gasteiger partial charge in [0.15, 0.2) is 5.96 Å². The van der Waals surface area contributed by atoms with Crippen LogP contribution in [-0.4, -0.2) is 65.4 Å². The molecule has 0 aromatic heterocycles. The second-order valence-electron chi connectivity index (χ2n) is 11.8. The van der Waals surface area contributed by atoms with E-state index in [1.807, 2.05) is 42.5 Å². The number of carboxylic acids is 1. The molecule has 2 aromatic carbocycles. The number of carbonyl (C=O) groups is 4. The van der Waals surface area contributed by atoms with Crippen LogP contribution in [0.15, 0.2) is 59.6 Å². The highest BCUT2D eigenvalue weighted by Crippen LogP contribution is 2.28. The topological polar surface area (TPSA) is 253 Å². The number of amides is 3. The predicted molar refractivity (Wildman–Crippen MR) is 178 cm³/mol. The Labute approximate surface area is 282 Å². The Hall–Kier alpha value is -5.15. The first-order chi connectivity index (χ1) is 23.1. The molecule has 1 unspecified atom stereocenters. The van der Waals surface area contributed by atoms with E-state index in [0.717, 1.165) is 43.2 Å². The smallest absolute Gasteiger partial charge is 0.475 e. The zero-order chi connectivity index (χ0) is 36.6. The zero-order valence-electron chi connectivity index (χ0n) is 27.0. The van der Waals surface area contributed by atoms with Crippen LogP contribution in [0.5, 0.6) is 0 Å². The molecule has 12 N–H and O–H groups in total. The van der Waals surface area contributed by atoms with Gasteiger partial charge in [-0.15, -0.1) is 0 Å². The molecule has 1 aliphatic rings. The number of benzene rings is 2. The molecule has 3 rings (SSSR count). The Balaban J connectivity index is 0.00000107. The minimum absolute atomic E-state index is 0.0269. The number of aliphatic carboxylic acids is 1. The van der Waals surface area contributed by atoms with E-state index < -0.39 is 42.0 Å². The van der Waals surface area contributed by atoms with Crippen LogP contribution in [-0.2, 0) is 25.6 Å². The lowest BCUT2D eigenvalue weighted by atomic mass is 9.84. The maximum atomic E-state index is 13.9. The number of nitrogens with one attached hydrogen (secondary N) is 3. The van der Waals surface area contributed by atoms with Gasteiger partial charge in [0.1, 0.15) is 17.9 Å². The van der Waals surface area contributed by atoms with Crippen molar-refractivity contribution in [1.82, 2.24) is 10.6 Å². The molecule has 16 heteroatoms. The van der Waals surface area contributed by atoms with Crippen molar-refractivity contribution in [3.05, 3.63) is 71.3 Å². The third-order valence-electron chi connectivity index (χ3n) is 8.00. The minimum Gasteiger partial charge on any atom is -0.475 e. The van der Waals surface area contributed by atoms with Gasteiger partial charge in [-0.2, -0.15) is 13.2 Å². The lowest BCUT2D eigenvalue weighted by molar-refractivity contribution is -0.192. The number of primary amides is 1. The maximum Gasteiger partial charge on any atom is 0.490 e. The van der Waals surface area contributed by atoms with Crippen LogP contribution in [0.25, 0.3) is 0 Å². The van der Waals surface area contributed by atoms with Gasteiger partial charge in [-0.3, -0.25) is 24.8 Å². The number of alkyl halides is 3. The number of nitrogen functional groups attached to an aromatic ring is 1. The fraction of sp³-hybridized carbons (Fsp3) is 0.455. The van der Waals surface area contributed by atoms with Crippen molar-refractivity contribution in [2.75, 3.05) is 6.54 Å². The van der Waals surface area contributed by atoms with E-state index in [0.29, 0.717) is 31.4 Å². The van der Waals surface area contributed by atoms with E-state index in [2.05, 4.69) is 15.6 Å². The van der Waals surface area contributed by atoms with Crippen molar-refractivity contribution in [3.8, 4) is 0 Å². The Bertz CT molecular complexity index is 1430. The summed E-state index contributed by atoms with van der Waals surface area (Å²) in [6.07, 6.45) is 1.82. The van der Waals surface area contributed by atoms with Crippen molar-refractivity contribution in [2.24, 2.45) is 33.8 Å². The second-order valence-corrected chi connectivity index (χ2v) is 11.8. The summed E-state index contributed by atoms with van der Waals surface area (Å²) in [5.41, 5.74) is 24.3. The summed E-state index contributed by atoms with van der Waals surface area (Å²) in [7, 11) is 0. The van der Waals surface area contributed by atoms with Crippen molar-refractivity contribution in [2.45, 2.75) is 82.0 Å². The molecule has 0 aliphatic heterocycles. The van der Waals surface area contributed by atoms with Gasteiger partial charge < -0.3 is 38.7 Å². The number of hydrogen-bond donors (Lipinski definition) is 8. The fourth-order valence-electron chi connectivity index (χ4n) is 5.42. The maximum absolute atomic E-state index is 13.9. The first-order valence-corrected chi connectivity index (χ1v) is 15.8. The van der Waals surface area contributed by atoms with Crippen molar-refractivity contribution >= 4 is 35.5 Å². The molecule has 268 valence electrons. The molecule has 0 heterocycles. The van der Waals surface area contributed by atoms with Gasteiger partial charge in [0, 0.05) is 12.1 Å². The summed E-state index contributed by atoms with van der Waals surface area (Å²) >= 11 is 0. The van der Waals surface area contributed by atoms with Crippen LogP contribution in [0.1, 0.15) is 74.0 Å². The summed E-state index contributed by atoms with van der Waals surface area (Å²) in [4.78, 5) is 52.5. The Morgan fingerprint density at radius 2 is 1.45 bits per heavy atom. The molecule has 13 nitrogen and oxygen atoms in total. The molecule has 0 saturated heterocycles. The number of amidine groups is 1. The molecule has 49 heavy (non-hydrogen) atoms. The first-order valence-electron chi connectivity index (χ1n) is 15.8. The first kappa shape index (κ1) is 40.0. The molecule has 0 radical (unpaired) electrons. The summed E-state index contributed by atoms with van der Waals surface area (Å²) in [6, 6.07) is 14.9. The second kappa shape index (κ2) is 19.6. The standard InChI is InChI=1S/C31H44N8O3.C2HF3O2/c32-27(33)23-15-13-21(14-16-23)18-24(22-10-5-2-6-11-22)29(41)39-26(19-20-8-3-1-4-9-20)30(42)38-25(28(34)40)12-7-17-37-31(35)36;3-2(4,5)1(6)7/h2,5-6,10-11,13-16,20,24-26H,1,3-4,7-9,12,17-19H2,(H3,32,33)(H2,34,40)(H,38,42)(H,39,41)(H4,35,36,37);(H,6,7)/t24-,25?,26-;/m0./s1. The van der Waals surface area contributed by atoms with Crippen LogP contribution in [0, 0.1) is 11.3 Å². The van der Waals surface area contributed by atoms with Gasteiger partial charge in [0.2, 0.25) is 17.7 Å². The lowest BCUT2D eigenvalue weighted by Crippen LogP contribution is -2.54. The number of aliphatic imine (C=N–C) groups is 1. The Kier molecular flexibility index (Phi) is 16.0. The average molecular weight is 691 g/mol. The molecule has 0 bridgehead atoms. The molecule has 0 spiro atoms. The quantitative estimate of drug-likeness (QED) is 0.0781. The number of guanidine groups is 1. The number of nitrogens with two attached hydrogens (primary N) is 4. The van der Waals surface area contributed by atoms with E-state index >= 15 is 0 Å². The lowest BCUT2D eigenvalue weighted by Gasteiger charge is -2.29. The van der Waals surface area contributed by atoms with Gasteiger partial charge in [-0.25, -0.2) is 4.79 Å².